The molecule has 0 aliphatic carbocycles. The zero-order chi connectivity index (χ0) is 14.1. The number of pyridine rings is 2. The highest BCUT2D eigenvalue weighted by molar-refractivity contribution is 7.98. The number of hydrogen-bond acceptors (Lipinski definition) is 4. The zero-order valence-electron chi connectivity index (χ0n) is 11.4. The first-order valence-corrected chi connectivity index (χ1v) is 7.99. The molecule has 1 aromatic carbocycles. The quantitative estimate of drug-likeness (QED) is 0.666. The molecule has 3 heterocycles. The van der Waals surface area contributed by atoms with E-state index in [4.69, 9.17) is 9.98 Å². The van der Waals surface area contributed by atoms with Crippen LogP contribution >= 0.6 is 11.8 Å². The van der Waals surface area contributed by atoms with Crippen molar-refractivity contribution in [2.24, 2.45) is 4.99 Å². The van der Waals surface area contributed by atoms with Crippen molar-refractivity contribution in [1.29, 1.82) is 0 Å². The van der Waals surface area contributed by atoms with E-state index in [-0.39, 0.29) is 0 Å². The van der Waals surface area contributed by atoms with E-state index in [2.05, 4.69) is 17.1 Å². The van der Waals surface area contributed by atoms with E-state index >= 15 is 0 Å². The Morgan fingerprint density at radius 1 is 1.05 bits per heavy atom. The molecule has 0 radical (unpaired) electrons. The average molecular weight is 291 g/mol. The van der Waals surface area contributed by atoms with Gasteiger partial charge in [0.25, 0.3) is 0 Å². The molecule has 0 saturated carbocycles. The maximum atomic E-state index is 4.77. The van der Waals surface area contributed by atoms with Gasteiger partial charge in [-0.1, -0.05) is 18.2 Å². The summed E-state index contributed by atoms with van der Waals surface area (Å²) in [6.45, 7) is 0. The largest absolute Gasteiger partial charge is 0.265 e. The third-order valence-electron chi connectivity index (χ3n) is 3.58. The fourth-order valence-corrected chi connectivity index (χ4v) is 3.58. The van der Waals surface area contributed by atoms with Crippen LogP contribution in [-0.4, -0.2) is 16.2 Å². The van der Waals surface area contributed by atoms with Gasteiger partial charge in [-0.15, -0.1) is 0 Å². The van der Waals surface area contributed by atoms with Crippen molar-refractivity contribution >= 4 is 34.6 Å². The summed E-state index contributed by atoms with van der Waals surface area (Å²) in [5.41, 5.74) is 5.62. The van der Waals surface area contributed by atoms with Crippen molar-refractivity contribution in [3.8, 4) is 0 Å². The number of aromatic nitrogens is 2. The number of rotatable bonds is 2. The molecule has 1 aliphatic heterocycles. The summed E-state index contributed by atoms with van der Waals surface area (Å²) in [7, 11) is 0. The van der Waals surface area contributed by atoms with Gasteiger partial charge in [0.15, 0.2) is 0 Å². The van der Waals surface area contributed by atoms with Crippen LogP contribution in [0, 0.1) is 0 Å². The third-order valence-corrected chi connectivity index (χ3v) is 4.55. The number of aliphatic imine (C=N–C) groups is 1. The van der Waals surface area contributed by atoms with Gasteiger partial charge < -0.3 is 0 Å². The van der Waals surface area contributed by atoms with Gasteiger partial charge in [0.2, 0.25) is 0 Å². The van der Waals surface area contributed by atoms with Crippen LogP contribution in [0.4, 0.5) is 5.69 Å². The number of hydrogen-bond donors (Lipinski definition) is 0. The first kappa shape index (κ1) is 12.5. The van der Waals surface area contributed by atoms with Crippen LogP contribution in [0.5, 0.6) is 0 Å². The summed E-state index contributed by atoms with van der Waals surface area (Å²) in [5.74, 6) is 1.98. The van der Waals surface area contributed by atoms with Gasteiger partial charge in [0, 0.05) is 41.1 Å². The molecule has 0 saturated heterocycles. The van der Waals surface area contributed by atoms with Gasteiger partial charge >= 0.3 is 0 Å². The van der Waals surface area contributed by atoms with Crippen molar-refractivity contribution in [1.82, 2.24) is 9.97 Å². The lowest BCUT2D eigenvalue weighted by Gasteiger charge is -2.07. The van der Waals surface area contributed by atoms with Crippen LogP contribution in [0.15, 0.2) is 53.8 Å². The van der Waals surface area contributed by atoms with Crippen molar-refractivity contribution in [2.45, 2.75) is 11.5 Å². The van der Waals surface area contributed by atoms with Crippen LogP contribution in [0.3, 0.4) is 0 Å². The first-order chi connectivity index (χ1) is 10.4. The highest BCUT2D eigenvalue weighted by atomic mass is 32.2. The molecule has 0 fully saturated rings. The van der Waals surface area contributed by atoms with E-state index in [0.29, 0.717) is 0 Å². The van der Waals surface area contributed by atoms with E-state index in [9.17, 15) is 0 Å². The Hall–Kier alpha value is -2.20. The fourth-order valence-electron chi connectivity index (χ4n) is 2.54. The highest BCUT2D eigenvalue weighted by Gasteiger charge is 2.19. The lowest BCUT2D eigenvalue weighted by atomic mass is 10.1. The molecule has 0 atom stereocenters. The molecule has 102 valence electrons. The summed E-state index contributed by atoms with van der Waals surface area (Å²) in [6, 6.07) is 12.2. The van der Waals surface area contributed by atoms with Crippen molar-refractivity contribution in [2.75, 3.05) is 0 Å². The smallest absolute Gasteiger partial charge is 0.0782 e. The second kappa shape index (κ2) is 5.30. The van der Waals surface area contributed by atoms with E-state index in [0.717, 1.165) is 33.7 Å². The molecule has 1 aliphatic rings. The number of nitrogens with zero attached hydrogens (tertiary/aromatic N) is 3. The number of benzene rings is 1. The Labute approximate surface area is 127 Å². The van der Waals surface area contributed by atoms with Crippen molar-refractivity contribution in [3.63, 3.8) is 0 Å². The summed E-state index contributed by atoms with van der Waals surface area (Å²) in [5, 5.41) is 1.13. The van der Waals surface area contributed by atoms with Crippen LogP contribution in [0.2, 0.25) is 0 Å². The van der Waals surface area contributed by atoms with E-state index in [1.165, 1.54) is 11.3 Å². The normalized spacial score (nSPS) is 13.9. The second-order valence-corrected chi connectivity index (χ2v) is 5.92. The number of fused-ring (bicyclic) bond motifs is 2. The highest BCUT2D eigenvalue weighted by Crippen LogP contribution is 2.39. The molecule has 21 heavy (non-hydrogen) atoms. The molecule has 0 spiro atoms. The summed E-state index contributed by atoms with van der Waals surface area (Å²) >= 11 is 1.90. The zero-order valence-corrected chi connectivity index (χ0v) is 12.2. The molecule has 0 amide bonds. The molecule has 0 bridgehead atoms. The Morgan fingerprint density at radius 3 is 2.81 bits per heavy atom. The molecular formula is C17H13N3S. The van der Waals surface area contributed by atoms with Gasteiger partial charge in [0.05, 0.1) is 16.9 Å². The fraction of sp³-hybridized carbons (Fsp3) is 0.118. The van der Waals surface area contributed by atoms with Crippen LogP contribution in [-0.2, 0) is 11.5 Å². The Bertz CT molecular complexity index is 828. The van der Waals surface area contributed by atoms with Gasteiger partial charge in [-0.05, 0) is 23.8 Å². The predicted octanol–water partition coefficient (Wildman–Crippen LogP) is 4.13. The molecule has 0 unspecified atom stereocenters. The van der Waals surface area contributed by atoms with E-state index in [1.54, 1.807) is 12.4 Å². The molecule has 0 N–H and O–H groups in total. The predicted molar refractivity (Wildman–Crippen MR) is 88.2 cm³/mol. The minimum Gasteiger partial charge on any atom is -0.265 e. The maximum Gasteiger partial charge on any atom is 0.0782 e. The standard InChI is InChI=1S/C17H13N3S/c1-2-4-15-13(3-1)17(14-10-21-11-16(14)20-15)19-9-12-5-7-18-8-6-12/h1-9H,10-11H2/b19-9+. The summed E-state index contributed by atoms with van der Waals surface area (Å²) in [6.07, 6.45) is 5.48. The molecule has 2 aromatic heterocycles. The van der Waals surface area contributed by atoms with Crippen molar-refractivity contribution in [3.05, 3.63) is 65.6 Å². The Morgan fingerprint density at radius 2 is 1.90 bits per heavy atom. The maximum absolute atomic E-state index is 4.77. The topological polar surface area (TPSA) is 38.1 Å². The minimum atomic E-state index is 0.984. The average Bonchev–Trinajstić information content (AvgIpc) is 3.00. The van der Waals surface area contributed by atoms with Crippen LogP contribution in [0.25, 0.3) is 10.9 Å². The van der Waals surface area contributed by atoms with Gasteiger partial charge in [0.1, 0.15) is 0 Å². The monoisotopic (exact) mass is 291 g/mol. The molecule has 3 aromatic rings. The lowest BCUT2D eigenvalue weighted by Crippen LogP contribution is -1.92. The molecule has 4 heteroatoms. The second-order valence-electron chi connectivity index (χ2n) is 4.93. The van der Waals surface area contributed by atoms with Crippen molar-refractivity contribution < 1.29 is 0 Å². The molecule has 4 rings (SSSR count). The molecule has 3 nitrogen and oxygen atoms in total. The number of thioether (sulfide) groups is 1. The lowest BCUT2D eigenvalue weighted by molar-refractivity contribution is 1.19. The Kier molecular flexibility index (Phi) is 3.16. The van der Waals surface area contributed by atoms with E-state index in [1.807, 2.05) is 42.2 Å². The number of para-hydroxylation sites is 1. The van der Waals surface area contributed by atoms with E-state index < -0.39 is 0 Å². The SMILES string of the molecule is C(=N\c1c2c(nc3ccccc13)CSC2)/c1ccncc1. The Balaban J connectivity index is 1.89. The first-order valence-electron chi connectivity index (χ1n) is 6.84. The van der Waals surface area contributed by atoms with Crippen LogP contribution in [0.1, 0.15) is 16.8 Å². The van der Waals surface area contributed by atoms with Gasteiger partial charge in [-0.3, -0.25) is 15.0 Å². The van der Waals surface area contributed by atoms with Crippen LogP contribution < -0.4 is 0 Å². The minimum absolute atomic E-state index is 0.984. The summed E-state index contributed by atoms with van der Waals surface area (Å²) < 4.78 is 0. The summed E-state index contributed by atoms with van der Waals surface area (Å²) in [4.78, 5) is 13.6. The van der Waals surface area contributed by atoms with Gasteiger partial charge in [-0.25, -0.2) is 0 Å². The molecular weight excluding hydrogens is 278 g/mol. The third kappa shape index (κ3) is 2.32. The van der Waals surface area contributed by atoms with Gasteiger partial charge in [-0.2, -0.15) is 11.8 Å².